The van der Waals surface area contributed by atoms with E-state index in [0.29, 0.717) is 29.9 Å². The van der Waals surface area contributed by atoms with E-state index in [0.717, 1.165) is 0 Å². The van der Waals surface area contributed by atoms with Gasteiger partial charge in [-0.2, -0.15) is 25.8 Å². The molecule has 1 aromatic carbocycles. The van der Waals surface area contributed by atoms with Gasteiger partial charge in [-0.1, -0.05) is 27.7 Å². The van der Waals surface area contributed by atoms with E-state index in [-0.39, 0.29) is 5.75 Å². The summed E-state index contributed by atoms with van der Waals surface area (Å²) in [5.74, 6) is -0.182. The molecule has 1 N–H and O–H groups in total. The molecule has 25 heavy (non-hydrogen) atoms. The molecule has 2 nitrogen and oxygen atoms in total. The van der Waals surface area contributed by atoms with Crippen molar-refractivity contribution >= 4 is 12.6 Å². The maximum absolute atomic E-state index is 13.8. The quantitative estimate of drug-likeness (QED) is 0.550. The lowest BCUT2D eigenvalue weighted by atomic mass is 9.73. The fourth-order valence-corrected chi connectivity index (χ4v) is 3.48. The number of hydrogen-bond acceptors (Lipinski definition) is 3. The van der Waals surface area contributed by atoms with Crippen molar-refractivity contribution < 1.29 is 27.4 Å². The molecule has 1 aromatic rings. The SMILES string of the molecule is CC.CC(C)(C[C@](O)(CCS)C(F)(F)F)c1cc(F)cc2c1OCC2. The highest BCUT2D eigenvalue weighted by atomic mass is 32.1. The van der Waals surface area contributed by atoms with Crippen LogP contribution >= 0.6 is 12.6 Å². The molecule has 7 heteroatoms. The van der Waals surface area contributed by atoms with E-state index in [4.69, 9.17) is 4.74 Å². The molecule has 144 valence electrons. The largest absolute Gasteiger partial charge is 0.493 e. The average Bonchev–Trinajstić information content (AvgIpc) is 2.94. The van der Waals surface area contributed by atoms with E-state index < -0.39 is 35.9 Å². The molecule has 0 spiro atoms. The molecule has 0 fully saturated rings. The van der Waals surface area contributed by atoms with Crippen LogP contribution in [0.5, 0.6) is 5.75 Å². The molecule has 0 bridgehead atoms. The number of thiol groups is 1. The zero-order valence-corrected chi connectivity index (χ0v) is 15.9. The molecule has 0 aromatic heterocycles. The van der Waals surface area contributed by atoms with E-state index in [1.807, 2.05) is 13.8 Å². The van der Waals surface area contributed by atoms with Gasteiger partial charge >= 0.3 is 6.18 Å². The third kappa shape index (κ3) is 4.82. The Hall–Kier alpha value is -0.950. The van der Waals surface area contributed by atoms with Crippen LogP contribution in [0.1, 0.15) is 51.7 Å². The molecule has 1 heterocycles. The van der Waals surface area contributed by atoms with Gasteiger partial charge in [0.25, 0.3) is 0 Å². The van der Waals surface area contributed by atoms with Gasteiger partial charge in [0.1, 0.15) is 11.6 Å². The molecule has 0 unspecified atom stereocenters. The van der Waals surface area contributed by atoms with E-state index in [1.54, 1.807) is 13.8 Å². The van der Waals surface area contributed by atoms with Gasteiger partial charge in [0.15, 0.2) is 5.60 Å². The molecule has 0 radical (unpaired) electrons. The number of fused-ring (bicyclic) bond motifs is 1. The normalized spacial score (nSPS) is 16.4. The van der Waals surface area contributed by atoms with E-state index in [9.17, 15) is 22.7 Å². The smallest absolute Gasteiger partial charge is 0.417 e. The van der Waals surface area contributed by atoms with Crippen LogP contribution in [0.4, 0.5) is 17.6 Å². The van der Waals surface area contributed by atoms with Crippen molar-refractivity contribution in [2.45, 2.75) is 64.1 Å². The van der Waals surface area contributed by atoms with Crippen molar-refractivity contribution in [3.05, 3.63) is 29.1 Å². The Morgan fingerprint density at radius 2 is 1.80 bits per heavy atom. The molecule has 0 amide bonds. The maximum Gasteiger partial charge on any atom is 0.417 e. The summed E-state index contributed by atoms with van der Waals surface area (Å²) in [6.07, 6.45) is -5.38. The van der Waals surface area contributed by atoms with Gasteiger partial charge in [-0.05, 0) is 36.1 Å². The minimum Gasteiger partial charge on any atom is -0.493 e. The van der Waals surface area contributed by atoms with Crippen molar-refractivity contribution in [2.24, 2.45) is 0 Å². The molecular weight excluding hydrogens is 356 g/mol. The van der Waals surface area contributed by atoms with Crippen LogP contribution in [0.2, 0.25) is 0 Å². The van der Waals surface area contributed by atoms with Crippen LogP contribution < -0.4 is 4.74 Å². The van der Waals surface area contributed by atoms with E-state index >= 15 is 0 Å². The zero-order chi connectivity index (χ0) is 19.5. The van der Waals surface area contributed by atoms with Crippen molar-refractivity contribution in [1.29, 1.82) is 0 Å². The Labute approximate surface area is 152 Å². The maximum atomic E-state index is 13.8. The summed E-state index contributed by atoms with van der Waals surface area (Å²) in [4.78, 5) is 0. The topological polar surface area (TPSA) is 29.5 Å². The zero-order valence-electron chi connectivity index (χ0n) is 15.0. The molecule has 1 aliphatic rings. The second kappa shape index (κ2) is 8.16. The Morgan fingerprint density at radius 3 is 2.32 bits per heavy atom. The van der Waals surface area contributed by atoms with Gasteiger partial charge in [-0.3, -0.25) is 0 Å². The number of halogens is 4. The third-order valence-electron chi connectivity index (χ3n) is 4.26. The minimum atomic E-state index is -4.79. The third-order valence-corrected chi connectivity index (χ3v) is 4.49. The van der Waals surface area contributed by atoms with Crippen molar-refractivity contribution in [2.75, 3.05) is 12.4 Å². The standard InChI is InChI=1S/C16H20F4O2S.C2H6/c1-14(2,9-15(21,4-6-23)16(18,19)20)12-8-11(17)7-10-3-5-22-13(10)12;1-2/h7-8,21,23H,3-6,9H2,1-2H3;1-2H3/t15-;/m1./s1. The first-order valence-electron chi connectivity index (χ1n) is 8.36. The van der Waals surface area contributed by atoms with E-state index in [1.165, 1.54) is 12.1 Å². The van der Waals surface area contributed by atoms with Crippen LogP contribution in [0.15, 0.2) is 12.1 Å². The Bertz CT molecular complexity index is 587. The lowest BCUT2D eigenvalue weighted by Gasteiger charge is -2.38. The van der Waals surface area contributed by atoms with Crippen LogP contribution in [0.25, 0.3) is 0 Å². The van der Waals surface area contributed by atoms with Crippen LogP contribution in [-0.2, 0) is 11.8 Å². The van der Waals surface area contributed by atoms with E-state index in [2.05, 4.69) is 12.6 Å². The first-order chi connectivity index (χ1) is 11.5. The lowest BCUT2D eigenvalue weighted by Crippen LogP contribution is -2.49. The average molecular weight is 382 g/mol. The highest BCUT2D eigenvalue weighted by Crippen LogP contribution is 2.46. The van der Waals surface area contributed by atoms with Gasteiger partial charge in [-0.25, -0.2) is 4.39 Å². The summed E-state index contributed by atoms with van der Waals surface area (Å²) in [5.41, 5.74) is -3.00. The first-order valence-corrected chi connectivity index (χ1v) is 8.99. The number of aliphatic hydroxyl groups is 1. The fourth-order valence-electron chi connectivity index (χ4n) is 3.11. The van der Waals surface area contributed by atoms with Gasteiger partial charge in [-0.15, -0.1) is 0 Å². The Morgan fingerprint density at radius 1 is 1.20 bits per heavy atom. The molecule has 2 rings (SSSR count). The predicted molar refractivity (Wildman–Crippen MR) is 94.1 cm³/mol. The second-order valence-electron chi connectivity index (χ2n) is 6.60. The number of alkyl halides is 3. The van der Waals surface area contributed by atoms with Crippen LogP contribution in [0, 0.1) is 5.82 Å². The molecular formula is C18H26F4O2S. The summed E-state index contributed by atoms with van der Waals surface area (Å²) < 4.78 is 59.2. The van der Waals surface area contributed by atoms with Gasteiger partial charge in [0, 0.05) is 17.5 Å². The summed E-state index contributed by atoms with van der Waals surface area (Å²) >= 11 is 3.82. The molecule has 1 aliphatic heterocycles. The molecule has 1 atom stereocenters. The van der Waals surface area contributed by atoms with Gasteiger partial charge in [0.2, 0.25) is 0 Å². The first kappa shape index (κ1) is 22.1. The fraction of sp³-hybridized carbons (Fsp3) is 0.667. The van der Waals surface area contributed by atoms with Crippen molar-refractivity contribution in [3.63, 3.8) is 0 Å². The summed E-state index contributed by atoms with van der Waals surface area (Å²) in [6, 6.07) is 2.53. The molecule has 0 saturated heterocycles. The number of rotatable bonds is 5. The second-order valence-corrected chi connectivity index (χ2v) is 7.05. The van der Waals surface area contributed by atoms with Gasteiger partial charge < -0.3 is 9.84 Å². The Balaban J connectivity index is 0.00000151. The predicted octanol–water partition coefficient (Wildman–Crippen LogP) is 5.07. The summed E-state index contributed by atoms with van der Waals surface area (Å²) in [5, 5.41) is 10.2. The number of hydrogen-bond donors (Lipinski definition) is 2. The van der Waals surface area contributed by atoms with Crippen LogP contribution in [-0.4, -0.2) is 29.2 Å². The minimum absolute atomic E-state index is 0.107. The number of benzene rings is 1. The number of ether oxygens (including phenoxy) is 1. The van der Waals surface area contributed by atoms with Crippen LogP contribution in [0.3, 0.4) is 0 Å². The molecule has 0 aliphatic carbocycles. The summed E-state index contributed by atoms with van der Waals surface area (Å²) in [6.45, 7) is 7.49. The molecule has 0 saturated carbocycles. The highest BCUT2D eigenvalue weighted by Gasteiger charge is 2.55. The summed E-state index contributed by atoms with van der Waals surface area (Å²) in [7, 11) is 0. The lowest BCUT2D eigenvalue weighted by molar-refractivity contribution is -0.267. The Kier molecular flexibility index (Phi) is 7.21. The monoisotopic (exact) mass is 382 g/mol. The highest BCUT2D eigenvalue weighted by molar-refractivity contribution is 7.80. The van der Waals surface area contributed by atoms with Gasteiger partial charge in [0.05, 0.1) is 6.61 Å². The van der Waals surface area contributed by atoms with Crippen molar-refractivity contribution in [3.8, 4) is 5.75 Å². The van der Waals surface area contributed by atoms with Crippen molar-refractivity contribution in [1.82, 2.24) is 0 Å².